The average molecular weight is 237 g/mol. The van der Waals surface area contributed by atoms with Crippen molar-refractivity contribution >= 4 is 11.3 Å². The molecular weight excluding hydrogens is 222 g/mol. The molecule has 0 amide bonds. The van der Waals surface area contributed by atoms with Gasteiger partial charge >= 0.3 is 0 Å². The maximum absolute atomic E-state index is 10.8. The van der Waals surface area contributed by atoms with Crippen LogP contribution in [0.3, 0.4) is 0 Å². The lowest BCUT2D eigenvalue weighted by Crippen LogP contribution is -2.28. The molecule has 16 heavy (non-hydrogen) atoms. The highest BCUT2D eigenvalue weighted by Gasteiger charge is 2.16. The topological polar surface area (TPSA) is 45.6 Å². The number of hydrogen-bond donors (Lipinski definition) is 0. The lowest BCUT2D eigenvalue weighted by molar-refractivity contribution is 0.314. The number of aromatic nitrogens is 1. The molecule has 0 saturated carbocycles. The van der Waals surface area contributed by atoms with Crippen LogP contribution in [-0.4, -0.2) is 29.5 Å². The number of thiazole rings is 1. The van der Waals surface area contributed by atoms with E-state index in [9.17, 15) is 4.91 Å². The molecular formula is C11H15N3OS. The molecule has 0 aliphatic carbocycles. The number of hydrogen-bond acceptors (Lipinski definition) is 5. The summed E-state index contributed by atoms with van der Waals surface area (Å²) >= 11 is 1.45. The van der Waals surface area contributed by atoms with Crippen molar-refractivity contribution in [3.8, 4) is 0 Å². The van der Waals surface area contributed by atoms with E-state index in [0.717, 1.165) is 18.0 Å². The number of nitroso groups, excluding NO2 is 1. The molecule has 0 radical (unpaired) electrons. The van der Waals surface area contributed by atoms with Crippen molar-refractivity contribution in [2.24, 2.45) is 5.18 Å². The first kappa shape index (κ1) is 12.7. The van der Waals surface area contributed by atoms with Crippen molar-refractivity contribution in [3.63, 3.8) is 0 Å². The largest absolute Gasteiger partial charge is 0.293 e. The molecule has 0 N–H and O–H groups in total. The first-order valence-electron chi connectivity index (χ1n) is 4.96. The maximum Gasteiger partial charge on any atom is 0.140 e. The van der Waals surface area contributed by atoms with Gasteiger partial charge in [-0.25, -0.2) is 0 Å². The van der Waals surface area contributed by atoms with Gasteiger partial charge in [-0.15, -0.1) is 24.5 Å². The summed E-state index contributed by atoms with van der Waals surface area (Å²) in [5.74, 6) is 0. The Labute approximate surface area is 99.3 Å². The molecule has 5 heteroatoms. The fourth-order valence-electron chi connectivity index (χ4n) is 1.40. The molecule has 4 nitrogen and oxygen atoms in total. The fraction of sp³-hybridized carbons (Fsp3) is 0.364. The van der Waals surface area contributed by atoms with E-state index in [1.54, 1.807) is 23.9 Å². The molecule has 0 fully saturated rings. The Morgan fingerprint density at radius 1 is 1.50 bits per heavy atom. The monoisotopic (exact) mass is 237 g/mol. The van der Waals surface area contributed by atoms with Crippen LogP contribution in [0.15, 0.2) is 42.2 Å². The highest BCUT2D eigenvalue weighted by atomic mass is 32.1. The molecule has 0 bridgehead atoms. The van der Waals surface area contributed by atoms with E-state index in [2.05, 4.69) is 28.2 Å². The van der Waals surface area contributed by atoms with Crippen LogP contribution in [-0.2, 0) is 0 Å². The number of nitrogens with zero attached hydrogens (tertiary/aromatic N) is 3. The summed E-state index contributed by atoms with van der Waals surface area (Å²) in [6.45, 7) is 9.38. The second kappa shape index (κ2) is 7.03. The molecule has 1 unspecified atom stereocenters. The zero-order chi connectivity index (χ0) is 11.8. The van der Waals surface area contributed by atoms with Crippen LogP contribution in [0.25, 0.3) is 0 Å². The third kappa shape index (κ3) is 3.67. The highest BCUT2D eigenvalue weighted by Crippen LogP contribution is 2.21. The Kier molecular flexibility index (Phi) is 5.60. The summed E-state index contributed by atoms with van der Waals surface area (Å²) in [5.41, 5.74) is 1.71. The molecule has 1 atom stereocenters. The molecule has 0 spiro atoms. The van der Waals surface area contributed by atoms with E-state index >= 15 is 0 Å². The van der Waals surface area contributed by atoms with Crippen molar-refractivity contribution < 1.29 is 0 Å². The smallest absolute Gasteiger partial charge is 0.140 e. The van der Waals surface area contributed by atoms with Crippen LogP contribution in [0, 0.1) is 4.91 Å². The van der Waals surface area contributed by atoms with Gasteiger partial charge < -0.3 is 0 Å². The molecule has 0 aliphatic rings. The summed E-state index contributed by atoms with van der Waals surface area (Å²) in [7, 11) is 0. The van der Waals surface area contributed by atoms with E-state index < -0.39 is 0 Å². The van der Waals surface area contributed by atoms with Gasteiger partial charge in [0.1, 0.15) is 6.04 Å². The van der Waals surface area contributed by atoms with Crippen molar-refractivity contribution in [1.29, 1.82) is 0 Å². The second-order valence-electron chi connectivity index (χ2n) is 3.32. The highest BCUT2D eigenvalue weighted by molar-refractivity contribution is 7.09. The lowest BCUT2D eigenvalue weighted by Gasteiger charge is -2.20. The van der Waals surface area contributed by atoms with Gasteiger partial charge in [0.2, 0.25) is 0 Å². The fourth-order valence-corrected chi connectivity index (χ4v) is 2.04. The van der Waals surface area contributed by atoms with Crippen LogP contribution in [0.1, 0.15) is 10.9 Å². The van der Waals surface area contributed by atoms with Gasteiger partial charge in [-0.05, 0) is 0 Å². The molecule has 0 aromatic carbocycles. The zero-order valence-electron chi connectivity index (χ0n) is 9.08. The molecule has 1 aromatic rings. The van der Waals surface area contributed by atoms with Gasteiger partial charge in [0, 0.05) is 25.8 Å². The van der Waals surface area contributed by atoms with Gasteiger partial charge in [0.15, 0.2) is 0 Å². The van der Waals surface area contributed by atoms with Crippen molar-refractivity contribution in [2.75, 3.05) is 19.6 Å². The summed E-state index contributed by atoms with van der Waals surface area (Å²) in [4.78, 5) is 17.7. The molecule has 1 aromatic heterocycles. The Balaban J connectivity index is 2.63. The summed E-state index contributed by atoms with van der Waals surface area (Å²) in [6, 6.07) is -0.354. The minimum absolute atomic E-state index is 0.354. The molecule has 1 heterocycles. The second-order valence-corrected chi connectivity index (χ2v) is 4.24. The van der Waals surface area contributed by atoms with E-state index in [1.165, 1.54) is 11.3 Å². The molecule has 0 saturated heterocycles. The maximum atomic E-state index is 10.8. The minimum atomic E-state index is -0.354. The molecule has 0 aliphatic heterocycles. The van der Waals surface area contributed by atoms with Crippen LogP contribution >= 0.6 is 11.3 Å². The van der Waals surface area contributed by atoms with Crippen LogP contribution in [0.5, 0.6) is 0 Å². The van der Waals surface area contributed by atoms with Crippen LogP contribution < -0.4 is 0 Å². The third-order valence-electron chi connectivity index (χ3n) is 2.11. The predicted molar refractivity (Wildman–Crippen MR) is 67.5 cm³/mol. The Hall–Kier alpha value is -1.33. The van der Waals surface area contributed by atoms with Crippen LogP contribution in [0.2, 0.25) is 0 Å². The first-order chi connectivity index (χ1) is 7.81. The number of rotatable bonds is 8. The van der Waals surface area contributed by atoms with E-state index in [-0.39, 0.29) is 6.04 Å². The van der Waals surface area contributed by atoms with Gasteiger partial charge in [-0.3, -0.25) is 9.88 Å². The van der Waals surface area contributed by atoms with Crippen LogP contribution in [0.4, 0.5) is 0 Å². The first-order valence-corrected chi connectivity index (χ1v) is 5.84. The normalized spacial score (nSPS) is 12.3. The summed E-state index contributed by atoms with van der Waals surface area (Å²) < 4.78 is 0. The zero-order valence-corrected chi connectivity index (χ0v) is 9.90. The standard InChI is InChI=1S/C11H15N3OS/c1-3-5-14(6-4-2)8-10(13-15)11-7-12-9-16-11/h3-4,7,9-10H,1-2,5-6,8H2. The SMILES string of the molecule is C=CCN(CC=C)CC(N=O)c1cncs1. The van der Waals surface area contributed by atoms with E-state index in [4.69, 9.17) is 0 Å². The Morgan fingerprint density at radius 3 is 2.62 bits per heavy atom. The Bertz CT molecular complexity index is 327. The van der Waals surface area contributed by atoms with Gasteiger partial charge in [0.05, 0.1) is 10.4 Å². The molecule has 86 valence electrons. The average Bonchev–Trinajstić information content (AvgIpc) is 2.79. The van der Waals surface area contributed by atoms with Gasteiger partial charge in [-0.1, -0.05) is 17.3 Å². The van der Waals surface area contributed by atoms with Crippen molar-refractivity contribution in [3.05, 3.63) is 46.8 Å². The van der Waals surface area contributed by atoms with Crippen molar-refractivity contribution in [1.82, 2.24) is 9.88 Å². The lowest BCUT2D eigenvalue weighted by atomic mass is 10.2. The van der Waals surface area contributed by atoms with E-state index in [0.29, 0.717) is 6.54 Å². The van der Waals surface area contributed by atoms with E-state index in [1.807, 2.05) is 0 Å². The minimum Gasteiger partial charge on any atom is -0.293 e. The van der Waals surface area contributed by atoms with Gasteiger partial charge in [0.25, 0.3) is 0 Å². The summed E-state index contributed by atoms with van der Waals surface area (Å²) in [5, 5.41) is 3.14. The quantitative estimate of drug-likeness (QED) is 0.515. The summed E-state index contributed by atoms with van der Waals surface area (Å²) in [6.07, 6.45) is 5.30. The van der Waals surface area contributed by atoms with Crippen molar-refractivity contribution in [2.45, 2.75) is 6.04 Å². The molecule has 1 rings (SSSR count). The van der Waals surface area contributed by atoms with Gasteiger partial charge in [-0.2, -0.15) is 4.91 Å². The predicted octanol–water partition coefficient (Wildman–Crippen LogP) is 2.62. The Morgan fingerprint density at radius 2 is 2.19 bits per heavy atom. The third-order valence-corrected chi connectivity index (χ3v) is 2.99.